The van der Waals surface area contributed by atoms with Crippen molar-refractivity contribution in [2.45, 2.75) is 44.6 Å². The molecule has 1 aliphatic carbocycles. The van der Waals surface area contributed by atoms with Gasteiger partial charge in [0.05, 0.1) is 10.6 Å². The van der Waals surface area contributed by atoms with E-state index >= 15 is 0 Å². The van der Waals surface area contributed by atoms with Gasteiger partial charge in [-0.1, -0.05) is 48.9 Å². The topological polar surface area (TPSA) is 42.0 Å². The summed E-state index contributed by atoms with van der Waals surface area (Å²) in [5.74, 6) is -0.156. The monoisotopic (exact) mass is 286 g/mol. The fraction of sp³-hybridized carbons (Fsp3) is 0.538. The van der Waals surface area contributed by atoms with E-state index in [0.29, 0.717) is 10.6 Å². The number of halogens is 2. The number of aromatic nitrogens is 1. The first-order chi connectivity index (χ1) is 8.66. The van der Waals surface area contributed by atoms with Crippen molar-refractivity contribution in [3.8, 4) is 0 Å². The zero-order valence-electron chi connectivity index (χ0n) is 10.1. The normalized spacial score (nSPS) is 17.2. The van der Waals surface area contributed by atoms with E-state index in [0.717, 1.165) is 12.8 Å². The highest BCUT2D eigenvalue weighted by molar-refractivity contribution is 6.35. The maximum Gasteiger partial charge on any atom is 0.253 e. The van der Waals surface area contributed by atoms with Crippen LogP contribution in [0.2, 0.25) is 10.2 Å². The quantitative estimate of drug-likeness (QED) is 0.663. The van der Waals surface area contributed by atoms with Crippen LogP contribution in [-0.2, 0) is 0 Å². The molecule has 1 aliphatic rings. The average molecular weight is 287 g/mol. The van der Waals surface area contributed by atoms with E-state index in [1.165, 1.54) is 37.9 Å². The van der Waals surface area contributed by atoms with Crippen LogP contribution in [0.1, 0.15) is 48.9 Å². The molecular formula is C13H16Cl2N2O. The molecule has 1 amide bonds. The minimum absolute atomic E-state index is 0.156. The van der Waals surface area contributed by atoms with Crippen LogP contribution in [0.15, 0.2) is 12.3 Å². The van der Waals surface area contributed by atoms with Crippen molar-refractivity contribution in [1.82, 2.24) is 10.3 Å². The molecule has 98 valence electrons. The molecular weight excluding hydrogens is 271 g/mol. The summed E-state index contributed by atoms with van der Waals surface area (Å²) < 4.78 is 0. The zero-order valence-corrected chi connectivity index (χ0v) is 11.6. The fourth-order valence-corrected chi connectivity index (χ4v) is 2.62. The molecule has 5 heteroatoms. The highest BCUT2D eigenvalue weighted by Crippen LogP contribution is 2.20. The van der Waals surface area contributed by atoms with Crippen molar-refractivity contribution in [2.24, 2.45) is 0 Å². The molecule has 0 unspecified atom stereocenters. The molecule has 0 spiro atoms. The Morgan fingerprint density at radius 2 is 1.89 bits per heavy atom. The number of hydrogen-bond donors (Lipinski definition) is 1. The lowest BCUT2D eigenvalue weighted by Crippen LogP contribution is -2.34. The first kappa shape index (κ1) is 13.6. The third-order valence-electron chi connectivity index (χ3n) is 3.26. The van der Waals surface area contributed by atoms with E-state index < -0.39 is 0 Å². The molecule has 1 saturated carbocycles. The Labute approximate surface area is 117 Å². The average Bonchev–Trinajstić information content (AvgIpc) is 2.61. The molecule has 0 bridgehead atoms. The van der Waals surface area contributed by atoms with Crippen molar-refractivity contribution in [3.63, 3.8) is 0 Å². The van der Waals surface area contributed by atoms with E-state index in [-0.39, 0.29) is 17.1 Å². The second kappa shape index (κ2) is 6.39. The minimum atomic E-state index is -0.156. The summed E-state index contributed by atoms with van der Waals surface area (Å²) >= 11 is 11.7. The Morgan fingerprint density at radius 1 is 1.22 bits per heavy atom. The van der Waals surface area contributed by atoms with Gasteiger partial charge in [0.1, 0.15) is 5.15 Å². The summed E-state index contributed by atoms with van der Waals surface area (Å²) in [5.41, 5.74) is 0.404. The Hall–Kier alpha value is -0.800. The molecule has 0 aliphatic heterocycles. The molecule has 0 saturated heterocycles. The van der Waals surface area contributed by atoms with Gasteiger partial charge in [0, 0.05) is 12.2 Å². The highest BCUT2D eigenvalue weighted by Gasteiger charge is 2.17. The van der Waals surface area contributed by atoms with E-state index in [2.05, 4.69) is 10.3 Å². The summed E-state index contributed by atoms with van der Waals surface area (Å²) in [7, 11) is 0. The summed E-state index contributed by atoms with van der Waals surface area (Å²) in [4.78, 5) is 16.0. The van der Waals surface area contributed by atoms with Gasteiger partial charge in [-0.15, -0.1) is 0 Å². The lowest BCUT2D eigenvalue weighted by atomic mass is 10.1. The molecule has 1 aromatic rings. The smallest absolute Gasteiger partial charge is 0.253 e. The number of hydrogen-bond acceptors (Lipinski definition) is 2. The lowest BCUT2D eigenvalue weighted by Gasteiger charge is -2.16. The largest absolute Gasteiger partial charge is 0.349 e. The van der Waals surface area contributed by atoms with Crippen LogP contribution in [0.4, 0.5) is 0 Å². The Kier molecular flexibility index (Phi) is 4.84. The molecule has 18 heavy (non-hydrogen) atoms. The fourth-order valence-electron chi connectivity index (χ4n) is 2.27. The Balaban J connectivity index is 2.04. The second-order valence-electron chi connectivity index (χ2n) is 4.65. The molecule has 0 radical (unpaired) electrons. The standard InChI is InChI=1S/C13H16Cl2N2O/c14-11-8-16-12(15)7-10(11)13(18)17-9-5-3-1-2-4-6-9/h7-9H,1-6H2,(H,17,18). The van der Waals surface area contributed by atoms with E-state index in [4.69, 9.17) is 23.2 Å². The molecule has 0 atom stereocenters. The maximum absolute atomic E-state index is 12.1. The SMILES string of the molecule is O=C(NC1CCCCCC1)c1cc(Cl)ncc1Cl. The first-order valence-corrected chi connectivity index (χ1v) is 7.04. The maximum atomic E-state index is 12.1. The number of rotatable bonds is 2. The predicted octanol–water partition coefficient (Wildman–Crippen LogP) is 3.84. The van der Waals surface area contributed by atoms with Crippen molar-refractivity contribution >= 4 is 29.1 Å². The van der Waals surface area contributed by atoms with E-state index in [1.807, 2.05) is 0 Å². The number of carbonyl (C=O) groups is 1. The molecule has 0 aromatic carbocycles. The summed E-state index contributed by atoms with van der Waals surface area (Å²) in [6.07, 6.45) is 8.37. The van der Waals surface area contributed by atoms with Crippen LogP contribution >= 0.6 is 23.2 Å². The van der Waals surface area contributed by atoms with Gasteiger partial charge in [-0.05, 0) is 18.9 Å². The molecule has 3 nitrogen and oxygen atoms in total. The summed E-state index contributed by atoms with van der Waals surface area (Å²) in [5, 5.41) is 3.65. The van der Waals surface area contributed by atoms with Gasteiger partial charge in [-0.2, -0.15) is 0 Å². The molecule has 1 fully saturated rings. The number of nitrogens with one attached hydrogen (secondary N) is 1. The highest BCUT2D eigenvalue weighted by atomic mass is 35.5. The van der Waals surface area contributed by atoms with Crippen molar-refractivity contribution in [1.29, 1.82) is 0 Å². The van der Waals surface area contributed by atoms with Gasteiger partial charge in [-0.3, -0.25) is 4.79 Å². The van der Waals surface area contributed by atoms with Gasteiger partial charge < -0.3 is 5.32 Å². The molecule has 1 aromatic heterocycles. The lowest BCUT2D eigenvalue weighted by molar-refractivity contribution is 0.0933. The first-order valence-electron chi connectivity index (χ1n) is 6.29. The van der Waals surface area contributed by atoms with Crippen molar-refractivity contribution in [3.05, 3.63) is 28.0 Å². The van der Waals surface area contributed by atoms with Gasteiger partial charge in [0.15, 0.2) is 0 Å². The van der Waals surface area contributed by atoms with Gasteiger partial charge >= 0.3 is 0 Å². The summed E-state index contributed by atoms with van der Waals surface area (Å²) in [6.45, 7) is 0. The van der Waals surface area contributed by atoms with Crippen LogP contribution in [0.3, 0.4) is 0 Å². The third-order valence-corrected chi connectivity index (χ3v) is 3.76. The van der Waals surface area contributed by atoms with Crippen molar-refractivity contribution < 1.29 is 4.79 Å². The molecule has 1 N–H and O–H groups in total. The van der Waals surface area contributed by atoms with E-state index in [1.54, 1.807) is 0 Å². The number of nitrogens with zero attached hydrogens (tertiary/aromatic N) is 1. The van der Waals surface area contributed by atoms with Crippen LogP contribution in [-0.4, -0.2) is 16.9 Å². The molecule has 2 rings (SSSR count). The van der Waals surface area contributed by atoms with Gasteiger partial charge in [0.25, 0.3) is 5.91 Å². The zero-order chi connectivity index (χ0) is 13.0. The van der Waals surface area contributed by atoms with Crippen LogP contribution in [0.5, 0.6) is 0 Å². The number of amides is 1. The third kappa shape index (κ3) is 3.59. The van der Waals surface area contributed by atoms with Crippen molar-refractivity contribution in [2.75, 3.05) is 0 Å². The minimum Gasteiger partial charge on any atom is -0.349 e. The van der Waals surface area contributed by atoms with Gasteiger partial charge in [0.2, 0.25) is 0 Å². The van der Waals surface area contributed by atoms with Crippen LogP contribution in [0.25, 0.3) is 0 Å². The van der Waals surface area contributed by atoms with Crippen LogP contribution in [0, 0.1) is 0 Å². The Morgan fingerprint density at radius 3 is 2.56 bits per heavy atom. The summed E-state index contributed by atoms with van der Waals surface area (Å²) in [6, 6.07) is 1.76. The van der Waals surface area contributed by atoms with Gasteiger partial charge in [-0.25, -0.2) is 4.98 Å². The Bertz CT molecular complexity index is 429. The number of pyridine rings is 1. The number of carbonyl (C=O) groups excluding carboxylic acids is 1. The molecule has 1 heterocycles. The van der Waals surface area contributed by atoms with E-state index in [9.17, 15) is 4.79 Å². The predicted molar refractivity (Wildman–Crippen MR) is 73.2 cm³/mol. The van der Waals surface area contributed by atoms with Crippen LogP contribution < -0.4 is 5.32 Å². The second-order valence-corrected chi connectivity index (χ2v) is 5.44.